The predicted molar refractivity (Wildman–Crippen MR) is 65.1 cm³/mol. The quantitative estimate of drug-likeness (QED) is 0.810. The molecule has 0 bridgehead atoms. The molecule has 0 atom stereocenters. The van der Waals surface area contributed by atoms with Gasteiger partial charge in [0.25, 0.3) is 0 Å². The molecule has 1 aliphatic rings. The topological polar surface area (TPSA) is 67.3 Å². The third kappa shape index (κ3) is 2.29. The summed E-state index contributed by atoms with van der Waals surface area (Å²) in [6.07, 6.45) is 3.19. The van der Waals surface area contributed by atoms with Crippen LogP contribution < -0.4 is 0 Å². The molecule has 2 heterocycles. The summed E-state index contributed by atoms with van der Waals surface area (Å²) in [6, 6.07) is 5.32. The van der Waals surface area contributed by atoms with Crippen LogP contribution in [0.2, 0.25) is 0 Å². The van der Waals surface area contributed by atoms with Crippen LogP contribution in [-0.4, -0.2) is 21.0 Å². The molecule has 0 radical (unpaired) electrons. The van der Waals surface area contributed by atoms with E-state index in [1.54, 1.807) is 30.5 Å². The van der Waals surface area contributed by atoms with E-state index in [0.29, 0.717) is 10.6 Å². The number of carbonyl (C=O) groups excluding carboxylic acids is 2. The molecule has 1 aliphatic heterocycles. The Morgan fingerprint density at radius 1 is 1.47 bits per heavy atom. The average molecular weight is 247 g/mol. The third-order valence-corrected chi connectivity index (χ3v) is 3.12. The molecule has 5 heteroatoms. The minimum absolute atomic E-state index is 0.141. The number of hydrogen-bond acceptors (Lipinski definition) is 5. The minimum Gasteiger partial charge on any atom is -0.506 e. The van der Waals surface area contributed by atoms with Gasteiger partial charge in [-0.3, -0.25) is 14.6 Å². The molecule has 1 aromatic heterocycles. The van der Waals surface area contributed by atoms with Crippen LogP contribution in [0.1, 0.15) is 12.6 Å². The zero-order valence-corrected chi connectivity index (χ0v) is 9.82. The maximum atomic E-state index is 11.5. The van der Waals surface area contributed by atoms with Crippen molar-refractivity contribution in [1.82, 2.24) is 4.98 Å². The summed E-state index contributed by atoms with van der Waals surface area (Å²) in [4.78, 5) is 27.1. The lowest BCUT2D eigenvalue weighted by molar-refractivity contribution is -0.116. The molecule has 0 spiro atoms. The van der Waals surface area contributed by atoms with Gasteiger partial charge in [0.2, 0.25) is 5.12 Å². The molecule has 0 amide bonds. The first-order valence-corrected chi connectivity index (χ1v) is 5.70. The van der Waals surface area contributed by atoms with Crippen molar-refractivity contribution in [3.8, 4) is 0 Å². The van der Waals surface area contributed by atoms with E-state index in [4.69, 9.17) is 0 Å². The predicted octanol–water partition coefficient (Wildman–Crippen LogP) is 2.10. The maximum Gasteiger partial charge on any atom is 0.231 e. The van der Waals surface area contributed by atoms with E-state index in [1.165, 1.54) is 6.92 Å². The van der Waals surface area contributed by atoms with Gasteiger partial charge in [-0.2, -0.15) is 0 Å². The van der Waals surface area contributed by atoms with E-state index >= 15 is 0 Å². The summed E-state index contributed by atoms with van der Waals surface area (Å²) < 4.78 is 0. The first-order chi connectivity index (χ1) is 8.09. The van der Waals surface area contributed by atoms with Gasteiger partial charge in [-0.15, -0.1) is 0 Å². The molecule has 1 N–H and O–H groups in total. The zero-order valence-electron chi connectivity index (χ0n) is 9.01. The molecular formula is C12H9NO3S. The van der Waals surface area contributed by atoms with Crippen molar-refractivity contribution in [1.29, 1.82) is 0 Å². The Bertz CT molecular complexity index is 546. The van der Waals surface area contributed by atoms with Crippen molar-refractivity contribution in [3.05, 3.63) is 46.3 Å². The Morgan fingerprint density at radius 3 is 2.76 bits per heavy atom. The smallest absolute Gasteiger partial charge is 0.231 e. The van der Waals surface area contributed by atoms with Crippen molar-refractivity contribution in [2.45, 2.75) is 6.92 Å². The highest BCUT2D eigenvalue weighted by Crippen LogP contribution is 2.37. The number of aliphatic hydroxyl groups is 1. The van der Waals surface area contributed by atoms with Gasteiger partial charge in [0.15, 0.2) is 5.78 Å². The van der Waals surface area contributed by atoms with Crippen LogP contribution in [0, 0.1) is 0 Å². The Labute approximate surface area is 102 Å². The molecule has 0 saturated carbocycles. The Hall–Kier alpha value is -1.88. The van der Waals surface area contributed by atoms with Crippen molar-refractivity contribution in [3.63, 3.8) is 0 Å². The number of aliphatic hydroxyl groups excluding tert-OH is 1. The van der Waals surface area contributed by atoms with E-state index in [-0.39, 0.29) is 11.3 Å². The second kappa shape index (κ2) is 4.55. The van der Waals surface area contributed by atoms with Crippen molar-refractivity contribution in [2.75, 3.05) is 0 Å². The van der Waals surface area contributed by atoms with Gasteiger partial charge in [0.05, 0.1) is 10.6 Å². The van der Waals surface area contributed by atoms with Crippen molar-refractivity contribution in [2.24, 2.45) is 0 Å². The van der Waals surface area contributed by atoms with Gasteiger partial charge in [0, 0.05) is 6.20 Å². The maximum absolute atomic E-state index is 11.5. The van der Waals surface area contributed by atoms with Gasteiger partial charge < -0.3 is 5.11 Å². The number of nitrogens with zero attached hydrogens (tertiary/aromatic N) is 1. The van der Waals surface area contributed by atoms with Gasteiger partial charge in [0.1, 0.15) is 11.3 Å². The first-order valence-electron chi connectivity index (χ1n) is 4.89. The molecule has 4 nitrogen and oxygen atoms in total. The molecule has 2 rings (SSSR count). The third-order valence-electron chi connectivity index (χ3n) is 2.20. The van der Waals surface area contributed by atoms with Crippen LogP contribution >= 0.6 is 11.8 Å². The molecule has 1 aromatic rings. The van der Waals surface area contributed by atoms with Crippen molar-refractivity contribution >= 4 is 28.7 Å². The molecule has 0 aromatic carbocycles. The largest absolute Gasteiger partial charge is 0.506 e. The molecular weight excluding hydrogens is 238 g/mol. The van der Waals surface area contributed by atoms with E-state index in [1.807, 2.05) is 0 Å². The first kappa shape index (κ1) is 11.6. The second-order valence-electron chi connectivity index (χ2n) is 3.43. The Morgan fingerprint density at radius 2 is 2.24 bits per heavy atom. The van der Waals surface area contributed by atoms with E-state index < -0.39 is 10.9 Å². The molecule has 0 fully saturated rings. The number of carbonyl (C=O) groups is 2. The summed E-state index contributed by atoms with van der Waals surface area (Å²) >= 11 is 0.842. The highest BCUT2D eigenvalue weighted by Gasteiger charge is 2.31. The zero-order chi connectivity index (χ0) is 12.4. The molecule has 0 saturated heterocycles. The molecule has 17 heavy (non-hydrogen) atoms. The lowest BCUT2D eigenvalue weighted by atomic mass is 10.1. The lowest BCUT2D eigenvalue weighted by Gasteiger charge is -1.96. The van der Waals surface area contributed by atoms with Gasteiger partial charge in [-0.05, 0) is 36.9 Å². The summed E-state index contributed by atoms with van der Waals surface area (Å²) in [6.45, 7) is 1.26. The second-order valence-corrected chi connectivity index (χ2v) is 4.45. The molecule has 0 unspecified atom stereocenters. The summed E-state index contributed by atoms with van der Waals surface area (Å²) in [7, 11) is 0. The van der Waals surface area contributed by atoms with Gasteiger partial charge in [-0.1, -0.05) is 6.07 Å². The van der Waals surface area contributed by atoms with E-state index in [9.17, 15) is 14.7 Å². The van der Waals surface area contributed by atoms with Gasteiger partial charge >= 0.3 is 0 Å². The van der Waals surface area contributed by atoms with Crippen molar-refractivity contribution < 1.29 is 14.7 Å². The monoisotopic (exact) mass is 247 g/mol. The van der Waals surface area contributed by atoms with E-state index in [2.05, 4.69) is 4.98 Å². The van der Waals surface area contributed by atoms with Crippen LogP contribution in [0.3, 0.4) is 0 Å². The number of aromatic nitrogens is 1. The Kier molecular flexibility index (Phi) is 3.10. The number of hydrogen-bond donors (Lipinski definition) is 1. The average Bonchev–Trinajstić information content (AvgIpc) is 2.55. The minimum atomic E-state index is -0.426. The number of Topliss-reactive ketones (excluding diaryl/α,β-unsaturated/α-hetero) is 1. The fraction of sp³-hybridized carbons (Fsp3) is 0.0833. The van der Waals surface area contributed by atoms with E-state index in [0.717, 1.165) is 11.8 Å². The fourth-order valence-electron chi connectivity index (χ4n) is 1.42. The summed E-state index contributed by atoms with van der Waals surface area (Å²) in [5, 5.41) is 9.35. The fourth-order valence-corrected chi connectivity index (χ4v) is 2.34. The van der Waals surface area contributed by atoms with Gasteiger partial charge in [-0.25, -0.2) is 0 Å². The van der Waals surface area contributed by atoms with Crippen LogP contribution in [0.4, 0.5) is 0 Å². The summed E-state index contributed by atoms with van der Waals surface area (Å²) in [5.41, 5.74) is 0.483. The van der Waals surface area contributed by atoms with Crippen LogP contribution in [0.15, 0.2) is 40.6 Å². The number of rotatable bonds is 2. The number of pyridine rings is 1. The number of ketones is 1. The molecule has 86 valence electrons. The van der Waals surface area contributed by atoms with Crippen LogP contribution in [0.5, 0.6) is 0 Å². The lowest BCUT2D eigenvalue weighted by Crippen LogP contribution is -2.03. The standard InChI is InChI=1S/C12H9NO3S/c1-7(14)10-11(15)9(17-12(10)16)6-8-4-2-3-5-13-8/h2-6,15H,1H3/b9-6-. The van der Waals surface area contributed by atoms with Crippen LogP contribution in [-0.2, 0) is 9.59 Å². The molecule has 0 aliphatic carbocycles. The van der Waals surface area contributed by atoms with Crippen LogP contribution in [0.25, 0.3) is 6.08 Å². The number of thioether (sulfide) groups is 1. The Balaban J connectivity index is 2.41. The normalized spacial score (nSPS) is 17.9. The SMILES string of the molecule is CC(=O)C1=C(O)/C(=C/c2ccccn2)SC1=O. The highest BCUT2D eigenvalue weighted by molar-refractivity contribution is 8.18. The summed E-state index contributed by atoms with van der Waals surface area (Å²) in [5.74, 6) is -0.678. The highest BCUT2D eigenvalue weighted by atomic mass is 32.2.